The van der Waals surface area contributed by atoms with Crippen molar-refractivity contribution in [1.29, 1.82) is 5.26 Å². The van der Waals surface area contributed by atoms with Crippen molar-refractivity contribution in [2.24, 2.45) is 0 Å². The average Bonchev–Trinajstić information content (AvgIpc) is 2.56. The van der Waals surface area contributed by atoms with Gasteiger partial charge in [0.1, 0.15) is 17.5 Å². The predicted octanol–water partition coefficient (Wildman–Crippen LogP) is 3.36. The van der Waals surface area contributed by atoms with Crippen molar-refractivity contribution in [2.45, 2.75) is 12.5 Å². The number of nitriles is 1. The lowest BCUT2D eigenvalue weighted by Gasteiger charge is -2.41. The highest BCUT2D eigenvalue weighted by Crippen LogP contribution is 2.31. The summed E-state index contributed by atoms with van der Waals surface area (Å²) in [6, 6.07) is 15.7. The van der Waals surface area contributed by atoms with E-state index in [1.54, 1.807) is 6.07 Å². The standard InChI is InChI=1S/C17H16ClN3O/c1-17(13-5-3-2-4-6-13)12-21(9-10-22-17)16-8-7-14(18)15(11-19)20-16/h2-8H,9-10,12H2,1H3. The van der Waals surface area contributed by atoms with Gasteiger partial charge < -0.3 is 9.64 Å². The number of nitrogens with zero attached hydrogens (tertiary/aromatic N) is 3. The molecule has 3 rings (SSSR count). The number of rotatable bonds is 2. The molecule has 1 aliphatic heterocycles. The Balaban J connectivity index is 1.89. The van der Waals surface area contributed by atoms with Crippen molar-refractivity contribution < 1.29 is 4.74 Å². The van der Waals surface area contributed by atoms with Gasteiger partial charge in [0.2, 0.25) is 0 Å². The van der Waals surface area contributed by atoms with Crippen LogP contribution in [0.5, 0.6) is 0 Å². The largest absolute Gasteiger partial charge is 0.367 e. The summed E-state index contributed by atoms with van der Waals surface area (Å²) in [6.45, 7) is 4.10. The zero-order chi connectivity index (χ0) is 15.6. The first-order valence-electron chi connectivity index (χ1n) is 7.13. The van der Waals surface area contributed by atoms with E-state index in [-0.39, 0.29) is 5.69 Å². The highest BCUT2D eigenvalue weighted by Gasteiger charge is 2.34. The van der Waals surface area contributed by atoms with Gasteiger partial charge in [0.05, 0.1) is 18.2 Å². The second-order valence-electron chi connectivity index (χ2n) is 5.48. The van der Waals surface area contributed by atoms with E-state index in [0.29, 0.717) is 18.2 Å². The van der Waals surface area contributed by atoms with Gasteiger partial charge in [-0.15, -0.1) is 0 Å². The van der Waals surface area contributed by atoms with Crippen molar-refractivity contribution in [1.82, 2.24) is 4.98 Å². The Labute approximate surface area is 134 Å². The fraction of sp³-hybridized carbons (Fsp3) is 0.294. The van der Waals surface area contributed by atoms with Gasteiger partial charge in [0, 0.05) is 6.54 Å². The van der Waals surface area contributed by atoms with Gasteiger partial charge in [-0.3, -0.25) is 0 Å². The Bertz CT molecular complexity index is 714. The van der Waals surface area contributed by atoms with Gasteiger partial charge >= 0.3 is 0 Å². The number of hydrogen-bond acceptors (Lipinski definition) is 4. The highest BCUT2D eigenvalue weighted by molar-refractivity contribution is 6.31. The monoisotopic (exact) mass is 313 g/mol. The number of hydrogen-bond donors (Lipinski definition) is 0. The maximum Gasteiger partial charge on any atom is 0.161 e. The Morgan fingerprint density at radius 1 is 1.27 bits per heavy atom. The van der Waals surface area contributed by atoms with Crippen LogP contribution in [0.25, 0.3) is 0 Å². The highest BCUT2D eigenvalue weighted by atomic mass is 35.5. The Hall–Kier alpha value is -2.09. The third-order valence-electron chi connectivity index (χ3n) is 3.92. The van der Waals surface area contributed by atoms with E-state index >= 15 is 0 Å². The Morgan fingerprint density at radius 2 is 2.05 bits per heavy atom. The normalized spacial score (nSPS) is 21.4. The predicted molar refractivity (Wildman–Crippen MR) is 85.9 cm³/mol. The molecule has 1 aromatic heterocycles. The second kappa shape index (κ2) is 5.96. The molecule has 1 unspecified atom stereocenters. The van der Waals surface area contributed by atoms with E-state index < -0.39 is 5.60 Å². The number of pyridine rings is 1. The maximum atomic E-state index is 9.08. The molecule has 0 saturated carbocycles. The molecule has 1 saturated heterocycles. The minimum absolute atomic E-state index is 0.257. The molecule has 0 N–H and O–H groups in total. The fourth-order valence-corrected chi connectivity index (χ4v) is 2.86. The maximum absolute atomic E-state index is 9.08. The molecule has 1 aromatic carbocycles. The summed E-state index contributed by atoms with van der Waals surface area (Å²) in [5.41, 5.74) is 0.995. The third kappa shape index (κ3) is 2.78. The fourth-order valence-electron chi connectivity index (χ4n) is 2.72. The molecular formula is C17H16ClN3O. The van der Waals surface area contributed by atoms with Crippen LogP contribution in [0.2, 0.25) is 5.02 Å². The van der Waals surface area contributed by atoms with E-state index in [0.717, 1.165) is 17.9 Å². The number of ether oxygens (including phenoxy) is 1. The van der Waals surface area contributed by atoms with Crippen LogP contribution in [0.15, 0.2) is 42.5 Å². The van der Waals surface area contributed by atoms with Crippen molar-refractivity contribution >= 4 is 17.4 Å². The minimum atomic E-state index is -0.395. The molecule has 0 aliphatic carbocycles. The molecule has 2 aromatic rings. The van der Waals surface area contributed by atoms with Crippen LogP contribution in [0.4, 0.5) is 5.82 Å². The summed E-state index contributed by atoms with van der Waals surface area (Å²) >= 11 is 5.96. The van der Waals surface area contributed by atoms with Crippen LogP contribution >= 0.6 is 11.6 Å². The van der Waals surface area contributed by atoms with E-state index in [2.05, 4.69) is 28.9 Å². The van der Waals surface area contributed by atoms with Gasteiger partial charge in [-0.05, 0) is 24.6 Å². The molecule has 4 nitrogen and oxygen atoms in total. The van der Waals surface area contributed by atoms with Gasteiger partial charge in [-0.2, -0.15) is 5.26 Å². The first kappa shape index (κ1) is 14.8. The van der Waals surface area contributed by atoms with Crippen molar-refractivity contribution in [3.05, 3.63) is 58.7 Å². The molecule has 0 radical (unpaired) electrons. The van der Waals surface area contributed by atoms with Gasteiger partial charge in [0.15, 0.2) is 5.69 Å². The minimum Gasteiger partial charge on any atom is -0.367 e. The van der Waals surface area contributed by atoms with Crippen LogP contribution in [0.1, 0.15) is 18.2 Å². The molecule has 0 bridgehead atoms. The third-order valence-corrected chi connectivity index (χ3v) is 4.23. The number of anilines is 1. The molecule has 1 aliphatic rings. The van der Waals surface area contributed by atoms with Crippen LogP contribution in [0.3, 0.4) is 0 Å². The van der Waals surface area contributed by atoms with Crippen LogP contribution in [-0.2, 0) is 10.3 Å². The van der Waals surface area contributed by atoms with Crippen LogP contribution < -0.4 is 4.90 Å². The van der Waals surface area contributed by atoms with Crippen molar-refractivity contribution in [2.75, 3.05) is 24.6 Å². The summed E-state index contributed by atoms with van der Waals surface area (Å²) in [5, 5.41) is 9.46. The molecule has 2 heterocycles. The number of benzene rings is 1. The lowest BCUT2D eigenvalue weighted by atomic mass is 9.94. The van der Waals surface area contributed by atoms with Crippen LogP contribution in [-0.4, -0.2) is 24.7 Å². The summed E-state index contributed by atoms with van der Waals surface area (Å²) in [5.74, 6) is 0.756. The lowest BCUT2D eigenvalue weighted by Crippen LogP contribution is -2.48. The zero-order valence-electron chi connectivity index (χ0n) is 12.3. The molecule has 1 fully saturated rings. The summed E-state index contributed by atoms with van der Waals surface area (Å²) in [4.78, 5) is 6.48. The molecule has 1 atom stereocenters. The topological polar surface area (TPSA) is 49.2 Å². The average molecular weight is 314 g/mol. The molecule has 0 spiro atoms. The lowest BCUT2D eigenvalue weighted by molar-refractivity contribution is -0.0468. The number of morpholine rings is 1. The van der Waals surface area contributed by atoms with Gasteiger partial charge in [-0.1, -0.05) is 41.9 Å². The van der Waals surface area contributed by atoms with Crippen LogP contribution in [0, 0.1) is 11.3 Å². The summed E-state index contributed by atoms with van der Waals surface area (Å²) in [7, 11) is 0. The second-order valence-corrected chi connectivity index (χ2v) is 5.89. The van der Waals surface area contributed by atoms with E-state index in [1.165, 1.54) is 0 Å². The van der Waals surface area contributed by atoms with E-state index in [9.17, 15) is 0 Å². The molecule has 22 heavy (non-hydrogen) atoms. The van der Waals surface area contributed by atoms with Crippen molar-refractivity contribution in [3.63, 3.8) is 0 Å². The zero-order valence-corrected chi connectivity index (χ0v) is 13.0. The first-order valence-corrected chi connectivity index (χ1v) is 7.51. The molecule has 5 heteroatoms. The number of aromatic nitrogens is 1. The first-order chi connectivity index (χ1) is 10.6. The Kier molecular flexibility index (Phi) is 4.02. The molecular weight excluding hydrogens is 298 g/mol. The SMILES string of the molecule is CC1(c2ccccc2)CN(c2ccc(Cl)c(C#N)n2)CCO1. The van der Waals surface area contributed by atoms with E-state index in [1.807, 2.05) is 30.3 Å². The number of halogens is 1. The van der Waals surface area contributed by atoms with E-state index in [4.69, 9.17) is 21.6 Å². The summed E-state index contributed by atoms with van der Waals surface area (Å²) < 4.78 is 6.02. The van der Waals surface area contributed by atoms with Gasteiger partial charge in [0.25, 0.3) is 0 Å². The molecule has 112 valence electrons. The van der Waals surface area contributed by atoms with Gasteiger partial charge in [-0.25, -0.2) is 4.98 Å². The quantitative estimate of drug-likeness (QED) is 0.853. The van der Waals surface area contributed by atoms with Crippen molar-refractivity contribution in [3.8, 4) is 6.07 Å². The smallest absolute Gasteiger partial charge is 0.161 e. The summed E-state index contributed by atoms with van der Waals surface area (Å²) in [6.07, 6.45) is 0. The Morgan fingerprint density at radius 3 is 2.77 bits per heavy atom. The molecule has 0 amide bonds.